The van der Waals surface area contributed by atoms with E-state index in [1.54, 1.807) is 0 Å². The summed E-state index contributed by atoms with van der Waals surface area (Å²) in [6.07, 6.45) is 0. The molecule has 0 aliphatic rings. The number of para-hydroxylation sites is 1. The summed E-state index contributed by atoms with van der Waals surface area (Å²) in [5.41, 5.74) is 3.14. The van der Waals surface area contributed by atoms with E-state index in [9.17, 15) is 4.79 Å². The van der Waals surface area contributed by atoms with E-state index in [1.165, 1.54) is 17.3 Å². The van der Waals surface area contributed by atoms with Crippen molar-refractivity contribution in [2.75, 3.05) is 11.1 Å². The van der Waals surface area contributed by atoms with Gasteiger partial charge in [0.05, 0.1) is 5.75 Å². The fourth-order valence-electron chi connectivity index (χ4n) is 2.72. The third-order valence-electron chi connectivity index (χ3n) is 4.59. The summed E-state index contributed by atoms with van der Waals surface area (Å²) in [4.78, 5) is 12.2. The van der Waals surface area contributed by atoms with Crippen LogP contribution in [0.2, 0.25) is 0 Å². The maximum Gasteiger partial charge on any atom is 0.234 e. The molecule has 0 aliphatic heterocycles. The van der Waals surface area contributed by atoms with E-state index in [4.69, 9.17) is 4.74 Å². The lowest BCUT2D eigenvalue weighted by atomic mass is 10.0. The summed E-state index contributed by atoms with van der Waals surface area (Å²) in [6, 6.07) is 15.8. The molecule has 0 aliphatic carbocycles. The molecule has 1 amide bonds. The molecule has 1 aromatic heterocycles. The van der Waals surface area contributed by atoms with E-state index in [-0.39, 0.29) is 11.7 Å². The molecule has 7 heteroatoms. The van der Waals surface area contributed by atoms with Gasteiger partial charge in [-0.3, -0.25) is 4.79 Å². The molecule has 0 radical (unpaired) electrons. The number of aromatic nitrogens is 3. The number of nitrogens with one attached hydrogen (secondary N) is 1. The van der Waals surface area contributed by atoms with Gasteiger partial charge in [-0.25, -0.2) is 0 Å². The van der Waals surface area contributed by atoms with Crippen LogP contribution in [0.1, 0.15) is 36.7 Å². The van der Waals surface area contributed by atoms with Gasteiger partial charge in [0.15, 0.2) is 11.0 Å². The maximum absolute atomic E-state index is 12.2. The SMILES string of the molecule is Cc1ccccc1NC(=O)CSc1nnc(COc2ccc(C(C)C)cc2)n1C. The van der Waals surface area contributed by atoms with Crippen LogP contribution in [0.5, 0.6) is 5.75 Å². The number of thioether (sulfide) groups is 1. The molecule has 0 unspecified atom stereocenters. The number of aryl methyl sites for hydroxylation is 1. The second-order valence-electron chi connectivity index (χ2n) is 7.12. The zero-order valence-corrected chi connectivity index (χ0v) is 18.0. The van der Waals surface area contributed by atoms with Crippen molar-refractivity contribution < 1.29 is 9.53 Å². The second kappa shape index (κ2) is 9.60. The lowest BCUT2D eigenvalue weighted by Gasteiger charge is -2.09. The molecule has 0 atom stereocenters. The van der Waals surface area contributed by atoms with Crippen LogP contribution in [-0.4, -0.2) is 26.4 Å². The number of ether oxygens (including phenoxy) is 1. The molecular weight excluding hydrogens is 384 g/mol. The van der Waals surface area contributed by atoms with Crippen molar-refractivity contribution in [1.29, 1.82) is 0 Å². The van der Waals surface area contributed by atoms with E-state index in [2.05, 4.69) is 41.5 Å². The zero-order valence-electron chi connectivity index (χ0n) is 17.2. The number of benzene rings is 2. The van der Waals surface area contributed by atoms with Crippen molar-refractivity contribution in [1.82, 2.24) is 14.8 Å². The van der Waals surface area contributed by atoms with Gasteiger partial charge in [0.25, 0.3) is 0 Å². The molecule has 3 aromatic rings. The molecule has 0 spiro atoms. The Balaban J connectivity index is 1.52. The summed E-state index contributed by atoms with van der Waals surface area (Å²) in [7, 11) is 1.88. The van der Waals surface area contributed by atoms with Gasteiger partial charge in [0.1, 0.15) is 12.4 Å². The minimum absolute atomic E-state index is 0.0738. The Hall–Kier alpha value is -2.80. The highest BCUT2D eigenvalue weighted by molar-refractivity contribution is 7.99. The van der Waals surface area contributed by atoms with Crippen LogP contribution in [0.15, 0.2) is 53.7 Å². The fraction of sp³-hybridized carbons (Fsp3) is 0.318. The normalized spacial score (nSPS) is 10.9. The molecule has 3 rings (SSSR count). The number of nitrogens with zero attached hydrogens (tertiary/aromatic N) is 3. The van der Waals surface area contributed by atoms with E-state index in [1.807, 2.05) is 54.9 Å². The van der Waals surface area contributed by atoms with Crippen molar-refractivity contribution in [3.63, 3.8) is 0 Å². The topological polar surface area (TPSA) is 69.0 Å². The smallest absolute Gasteiger partial charge is 0.234 e. The minimum Gasteiger partial charge on any atom is -0.486 e. The predicted octanol–water partition coefficient (Wildman–Crippen LogP) is 4.56. The van der Waals surface area contributed by atoms with Gasteiger partial charge in [0, 0.05) is 12.7 Å². The Morgan fingerprint density at radius 3 is 2.55 bits per heavy atom. The van der Waals surface area contributed by atoms with Gasteiger partial charge in [-0.15, -0.1) is 10.2 Å². The predicted molar refractivity (Wildman–Crippen MR) is 116 cm³/mol. The Bertz CT molecular complexity index is 967. The van der Waals surface area contributed by atoms with Crippen LogP contribution in [0.3, 0.4) is 0 Å². The molecule has 1 N–H and O–H groups in total. The Labute approximate surface area is 175 Å². The third-order valence-corrected chi connectivity index (χ3v) is 5.61. The summed E-state index contributed by atoms with van der Waals surface area (Å²) < 4.78 is 7.68. The van der Waals surface area contributed by atoms with Gasteiger partial charge in [-0.1, -0.05) is 55.9 Å². The number of rotatable bonds is 8. The van der Waals surface area contributed by atoms with Crippen LogP contribution >= 0.6 is 11.8 Å². The van der Waals surface area contributed by atoms with Crippen LogP contribution in [-0.2, 0) is 18.4 Å². The second-order valence-corrected chi connectivity index (χ2v) is 8.06. The van der Waals surface area contributed by atoms with Crippen molar-refractivity contribution in [3.8, 4) is 5.75 Å². The summed E-state index contributed by atoms with van der Waals surface area (Å²) >= 11 is 1.35. The van der Waals surface area contributed by atoms with Gasteiger partial charge < -0.3 is 14.6 Å². The van der Waals surface area contributed by atoms with E-state index >= 15 is 0 Å². The number of carbonyl (C=O) groups excluding carboxylic acids is 1. The summed E-state index contributed by atoms with van der Waals surface area (Å²) in [5.74, 6) is 2.18. The van der Waals surface area contributed by atoms with Crippen molar-refractivity contribution in [3.05, 3.63) is 65.5 Å². The van der Waals surface area contributed by atoms with Gasteiger partial charge >= 0.3 is 0 Å². The molecule has 152 valence electrons. The fourth-order valence-corrected chi connectivity index (χ4v) is 3.45. The number of hydrogen-bond donors (Lipinski definition) is 1. The first-order chi connectivity index (χ1) is 13.9. The Morgan fingerprint density at radius 1 is 1.14 bits per heavy atom. The zero-order chi connectivity index (χ0) is 20.8. The molecule has 0 saturated heterocycles. The summed E-state index contributed by atoms with van der Waals surface area (Å²) in [5, 5.41) is 12.0. The highest BCUT2D eigenvalue weighted by atomic mass is 32.2. The number of amides is 1. The number of anilines is 1. The minimum atomic E-state index is -0.0738. The first-order valence-corrected chi connectivity index (χ1v) is 10.5. The monoisotopic (exact) mass is 410 g/mol. The van der Waals surface area contributed by atoms with E-state index < -0.39 is 0 Å². The standard InChI is InChI=1S/C22H26N4O2S/c1-15(2)17-9-11-18(12-10-17)28-13-20-24-25-22(26(20)4)29-14-21(27)23-19-8-6-5-7-16(19)3/h5-12,15H,13-14H2,1-4H3,(H,23,27). The third kappa shape index (κ3) is 5.60. The van der Waals surface area contributed by atoms with Crippen molar-refractivity contribution >= 4 is 23.4 Å². The average Bonchev–Trinajstić information content (AvgIpc) is 3.06. The van der Waals surface area contributed by atoms with Gasteiger partial charge in [-0.05, 0) is 42.2 Å². The highest BCUT2D eigenvalue weighted by Crippen LogP contribution is 2.21. The lowest BCUT2D eigenvalue weighted by molar-refractivity contribution is -0.113. The molecule has 29 heavy (non-hydrogen) atoms. The van der Waals surface area contributed by atoms with Crippen LogP contribution in [0, 0.1) is 6.92 Å². The lowest BCUT2D eigenvalue weighted by Crippen LogP contribution is -2.15. The Morgan fingerprint density at radius 2 is 1.86 bits per heavy atom. The molecule has 2 aromatic carbocycles. The number of hydrogen-bond acceptors (Lipinski definition) is 5. The van der Waals surface area contributed by atoms with Gasteiger partial charge in [0.2, 0.25) is 5.91 Å². The number of carbonyl (C=O) groups is 1. The average molecular weight is 411 g/mol. The maximum atomic E-state index is 12.2. The first kappa shape index (κ1) is 20.9. The molecule has 6 nitrogen and oxygen atoms in total. The highest BCUT2D eigenvalue weighted by Gasteiger charge is 2.13. The first-order valence-electron chi connectivity index (χ1n) is 9.53. The quantitative estimate of drug-likeness (QED) is 0.552. The Kier molecular flexibility index (Phi) is 6.93. The van der Waals surface area contributed by atoms with Gasteiger partial charge in [-0.2, -0.15) is 0 Å². The molecule has 0 saturated carbocycles. The van der Waals surface area contributed by atoms with E-state index in [0.717, 1.165) is 17.0 Å². The largest absolute Gasteiger partial charge is 0.486 e. The molecule has 0 fully saturated rings. The molecular formula is C22H26N4O2S. The van der Waals surface area contributed by atoms with Crippen molar-refractivity contribution in [2.45, 2.75) is 38.5 Å². The molecule has 1 heterocycles. The van der Waals surface area contributed by atoms with Crippen LogP contribution < -0.4 is 10.1 Å². The van der Waals surface area contributed by atoms with Crippen LogP contribution in [0.4, 0.5) is 5.69 Å². The summed E-state index contributed by atoms with van der Waals surface area (Å²) in [6.45, 7) is 6.61. The van der Waals surface area contributed by atoms with E-state index in [0.29, 0.717) is 23.5 Å². The van der Waals surface area contributed by atoms with Crippen molar-refractivity contribution in [2.24, 2.45) is 7.05 Å². The van der Waals surface area contributed by atoms with Crippen LogP contribution in [0.25, 0.3) is 0 Å². The molecule has 0 bridgehead atoms.